The first-order valence-electron chi connectivity index (χ1n) is 12.9. The van der Waals surface area contributed by atoms with Crippen LogP contribution >= 0.6 is 11.3 Å². The topological polar surface area (TPSA) is 119 Å². The Hall–Kier alpha value is -4.31. The highest BCUT2D eigenvalue weighted by Gasteiger charge is 2.40. The minimum atomic E-state index is -0.925. The minimum Gasteiger partial charge on any atom is -0.497 e. The Morgan fingerprint density at radius 3 is 2.10 bits per heavy atom. The fourth-order valence-corrected chi connectivity index (χ4v) is 5.59. The quantitative estimate of drug-likeness (QED) is 0.295. The fourth-order valence-electron chi connectivity index (χ4n) is 4.42. The van der Waals surface area contributed by atoms with E-state index >= 15 is 0 Å². The van der Waals surface area contributed by atoms with Crippen LogP contribution in [0.1, 0.15) is 43.7 Å². The molecule has 0 aliphatic carbocycles. The van der Waals surface area contributed by atoms with Gasteiger partial charge in [0.2, 0.25) is 0 Å². The summed E-state index contributed by atoms with van der Waals surface area (Å²) in [7, 11) is 3.12. The molecule has 0 fully saturated rings. The van der Waals surface area contributed by atoms with Crippen molar-refractivity contribution in [2.24, 2.45) is 5.73 Å². The van der Waals surface area contributed by atoms with Crippen molar-refractivity contribution in [3.8, 4) is 11.5 Å². The van der Waals surface area contributed by atoms with Crippen LogP contribution in [0, 0.1) is 0 Å². The van der Waals surface area contributed by atoms with E-state index in [1.165, 1.54) is 4.57 Å². The van der Waals surface area contributed by atoms with Crippen LogP contribution in [-0.2, 0) is 19.1 Å². The summed E-state index contributed by atoms with van der Waals surface area (Å²) in [5.74, 6) is -1.07. The second-order valence-electron chi connectivity index (χ2n) is 8.96. The van der Waals surface area contributed by atoms with Gasteiger partial charge in [-0.15, -0.1) is 11.3 Å². The maximum Gasteiger partial charge on any atom is 0.338 e. The van der Waals surface area contributed by atoms with E-state index in [0.717, 1.165) is 23.3 Å². The van der Waals surface area contributed by atoms with Crippen molar-refractivity contribution in [3.05, 3.63) is 84.8 Å². The molecule has 4 rings (SSSR count). The molecule has 3 aromatic rings. The highest BCUT2D eigenvalue weighted by Crippen LogP contribution is 2.38. The van der Waals surface area contributed by atoms with E-state index in [0.29, 0.717) is 32.7 Å². The van der Waals surface area contributed by atoms with Crippen molar-refractivity contribution in [2.75, 3.05) is 27.4 Å². The molecule has 10 heteroatoms. The molecule has 0 saturated carbocycles. The number of unbranched alkanes of at least 4 members (excludes halogenated alkanes) is 1. The normalized spacial score (nSPS) is 15.1. The summed E-state index contributed by atoms with van der Waals surface area (Å²) in [6, 6.07) is 14.2. The summed E-state index contributed by atoms with van der Waals surface area (Å²) < 4.78 is 23.4. The third-order valence-electron chi connectivity index (χ3n) is 6.46. The van der Waals surface area contributed by atoms with E-state index in [2.05, 4.69) is 0 Å². The molecule has 40 heavy (non-hydrogen) atoms. The Labute approximate surface area is 235 Å². The number of thiazole rings is 1. The van der Waals surface area contributed by atoms with E-state index in [-0.39, 0.29) is 30.2 Å². The van der Waals surface area contributed by atoms with E-state index < -0.39 is 23.4 Å². The second-order valence-corrected chi connectivity index (χ2v) is 9.99. The van der Waals surface area contributed by atoms with Gasteiger partial charge in [-0.2, -0.15) is 0 Å². The lowest BCUT2D eigenvalue weighted by Gasteiger charge is -2.27. The Morgan fingerprint density at radius 2 is 1.52 bits per heavy atom. The zero-order valence-corrected chi connectivity index (χ0v) is 23.7. The van der Waals surface area contributed by atoms with Crippen molar-refractivity contribution in [1.82, 2.24) is 4.57 Å². The number of benzene rings is 2. The number of carbonyl (C=O) groups is 2. The van der Waals surface area contributed by atoms with Gasteiger partial charge in [0.1, 0.15) is 22.0 Å². The largest absolute Gasteiger partial charge is 0.497 e. The zero-order chi connectivity index (χ0) is 28.8. The Kier molecular flexibility index (Phi) is 9.11. The SMILES string of the molecule is CCCCOC(=O)C1=C(N)n2c(s/c(=C\c3ccc(OC)cc3)c2=O)=C(C(=O)OCC)C1c1ccc(OC)cc1. The molecular weight excluding hydrogens is 532 g/mol. The number of carbonyl (C=O) groups excluding carboxylic acids is 2. The molecule has 1 aromatic heterocycles. The van der Waals surface area contributed by atoms with Crippen LogP contribution in [0.25, 0.3) is 17.5 Å². The van der Waals surface area contributed by atoms with Crippen LogP contribution in [0.3, 0.4) is 0 Å². The van der Waals surface area contributed by atoms with Crippen LogP contribution in [0.15, 0.2) is 58.9 Å². The number of methoxy groups -OCH3 is 2. The van der Waals surface area contributed by atoms with Gasteiger partial charge in [0, 0.05) is 0 Å². The monoisotopic (exact) mass is 564 g/mol. The molecular formula is C30H32N2O7S. The predicted octanol–water partition coefficient (Wildman–Crippen LogP) is 2.74. The lowest BCUT2D eigenvalue weighted by Crippen LogP contribution is -2.42. The minimum absolute atomic E-state index is 0.00715. The molecule has 0 spiro atoms. The number of hydrogen-bond donors (Lipinski definition) is 1. The first-order chi connectivity index (χ1) is 19.3. The number of ether oxygens (including phenoxy) is 4. The molecule has 2 N–H and O–H groups in total. The summed E-state index contributed by atoms with van der Waals surface area (Å²) in [6.45, 7) is 3.96. The van der Waals surface area contributed by atoms with Gasteiger partial charge in [0.05, 0.1) is 49.0 Å². The molecule has 0 radical (unpaired) electrons. The van der Waals surface area contributed by atoms with Gasteiger partial charge in [-0.05, 0) is 54.8 Å². The van der Waals surface area contributed by atoms with Gasteiger partial charge >= 0.3 is 11.9 Å². The van der Waals surface area contributed by atoms with E-state index in [4.69, 9.17) is 24.7 Å². The summed E-state index contributed by atoms with van der Waals surface area (Å²) in [6.07, 6.45) is 3.18. The first-order valence-corrected chi connectivity index (χ1v) is 13.8. The Balaban J connectivity index is 2.02. The number of nitrogens with zero attached hydrogens (tertiary/aromatic N) is 1. The molecule has 1 aliphatic heterocycles. The molecule has 2 heterocycles. The number of nitrogens with two attached hydrogens (primary N) is 1. The summed E-state index contributed by atoms with van der Waals surface area (Å²) >= 11 is 1.11. The van der Waals surface area contributed by atoms with Gasteiger partial charge < -0.3 is 24.7 Å². The van der Waals surface area contributed by atoms with Crippen molar-refractivity contribution in [1.29, 1.82) is 0 Å². The van der Waals surface area contributed by atoms with Crippen LogP contribution < -0.4 is 30.0 Å². The molecule has 0 amide bonds. The van der Waals surface area contributed by atoms with Crippen molar-refractivity contribution in [2.45, 2.75) is 32.6 Å². The highest BCUT2D eigenvalue weighted by molar-refractivity contribution is 7.07. The summed E-state index contributed by atoms with van der Waals surface area (Å²) in [4.78, 5) is 40.7. The number of esters is 2. The average Bonchev–Trinajstić information content (AvgIpc) is 3.28. The molecule has 1 unspecified atom stereocenters. The summed E-state index contributed by atoms with van der Waals surface area (Å²) in [5, 5.41) is 0. The third-order valence-corrected chi connectivity index (χ3v) is 7.57. The lowest BCUT2D eigenvalue weighted by molar-refractivity contribution is -0.139. The van der Waals surface area contributed by atoms with Crippen LogP contribution in [-0.4, -0.2) is 43.9 Å². The molecule has 9 nitrogen and oxygen atoms in total. The standard InChI is InChI=1S/C30H32N2O7S/c1-5-7-16-39-29(34)24-23(19-10-14-21(37-4)15-11-19)25(30(35)38-6-2)28-32(26(24)31)27(33)22(40-28)17-18-8-12-20(36-3)13-9-18/h8-15,17,23H,5-7,16,31H2,1-4H3/b22-17-. The average molecular weight is 565 g/mol. The van der Waals surface area contributed by atoms with Gasteiger partial charge in [0.15, 0.2) is 0 Å². The van der Waals surface area contributed by atoms with Crippen molar-refractivity contribution >= 4 is 40.7 Å². The van der Waals surface area contributed by atoms with Crippen molar-refractivity contribution < 1.29 is 28.5 Å². The second kappa shape index (κ2) is 12.7. The maximum absolute atomic E-state index is 13.7. The molecule has 2 aromatic carbocycles. The van der Waals surface area contributed by atoms with Crippen LogP contribution in [0.2, 0.25) is 0 Å². The maximum atomic E-state index is 13.7. The van der Waals surface area contributed by atoms with Crippen molar-refractivity contribution in [3.63, 3.8) is 0 Å². The zero-order valence-electron chi connectivity index (χ0n) is 22.9. The van der Waals surface area contributed by atoms with E-state index in [1.807, 2.05) is 19.1 Å². The number of hydrogen-bond acceptors (Lipinski definition) is 9. The van der Waals surface area contributed by atoms with Crippen LogP contribution in [0.5, 0.6) is 11.5 Å². The van der Waals surface area contributed by atoms with Gasteiger partial charge in [-0.1, -0.05) is 37.6 Å². The smallest absolute Gasteiger partial charge is 0.338 e. The van der Waals surface area contributed by atoms with Gasteiger partial charge in [-0.25, -0.2) is 9.59 Å². The van der Waals surface area contributed by atoms with E-state index in [1.54, 1.807) is 63.6 Å². The first kappa shape index (κ1) is 28.7. The van der Waals surface area contributed by atoms with E-state index in [9.17, 15) is 14.4 Å². The van der Waals surface area contributed by atoms with Crippen LogP contribution in [0.4, 0.5) is 0 Å². The van der Waals surface area contributed by atoms with Gasteiger partial charge in [-0.3, -0.25) is 9.36 Å². The van der Waals surface area contributed by atoms with Gasteiger partial charge in [0.25, 0.3) is 5.56 Å². The Bertz CT molecular complexity index is 1600. The lowest BCUT2D eigenvalue weighted by atomic mass is 9.83. The number of rotatable bonds is 10. The number of aromatic nitrogens is 1. The molecule has 1 aliphatic rings. The molecule has 0 bridgehead atoms. The predicted molar refractivity (Wildman–Crippen MR) is 153 cm³/mol. The highest BCUT2D eigenvalue weighted by atomic mass is 32.1. The molecule has 1 atom stereocenters. The molecule has 0 saturated heterocycles. The Morgan fingerprint density at radius 1 is 0.925 bits per heavy atom. The fraction of sp³-hybridized carbons (Fsp3) is 0.300. The summed E-state index contributed by atoms with van der Waals surface area (Å²) in [5.41, 5.74) is 7.63. The number of fused-ring (bicyclic) bond motifs is 1. The third kappa shape index (κ3) is 5.67. The molecule has 210 valence electrons.